The van der Waals surface area contributed by atoms with Crippen LogP contribution >= 0.6 is 11.6 Å². The number of rotatable bonds is 1. The van der Waals surface area contributed by atoms with Gasteiger partial charge in [0.15, 0.2) is 0 Å². The molecule has 0 saturated carbocycles. The van der Waals surface area contributed by atoms with Gasteiger partial charge in [0.05, 0.1) is 0 Å². The van der Waals surface area contributed by atoms with E-state index < -0.39 is 11.5 Å². The van der Waals surface area contributed by atoms with E-state index in [1.54, 1.807) is 11.8 Å². The first-order valence-electron chi connectivity index (χ1n) is 4.18. The van der Waals surface area contributed by atoms with Crippen molar-refractivity contribution in [1.29, 1.82) is 0 Å². The quantitative estimate of drug-likeness (QED) is 0.579. The molecule has 1 fully saturated rings. The van der Waals surface area contributed by atoms with Crippen LogP contribution in [0.4, 0.5) is 4.39 Å². The van der Waals surface area contributed by atoms with Gasteiger partial charge in [-0.05, 0) is 19.8 Å². The summed E-state index contributed by atoms with van der Waals surface area (Å²) in [5, 5.41) is -0.485. The summed E-state index contributed by atoms with van der Waals surface area (Å²) in [7, 11) is 0. The third-order valence-electron chi connectivity index (χ3n) is 2.08. The van der Waals surface area contributed by atoms with E-state index in [9.17, 15) is 9.18 Å². The summed E-state index contributed by atoms with van der Waals surface area (Å²) < 4.78 is 12.7. The summed E-state index contributed by atoms with van der Waals surface area (Å²) in [6.07, 6.45) is 0.171. The van der Waals surface area contributed by atoms with Gasteiger partial charge in [-0.1, -0.05) is 0 Å². The summed E-state index contributed by atoms with van der Waals surface area (Å²) in [6.45, 7) is 2.67. The van der Waals surface area contributed by atoms with Crippen LogP contribution < -0.4 is 0 Å². The molecule has 0 spiro atoms. The second kappa shape index (κ2) is 4.08. The second-order valence-corrected chi connectivity index (χ2v) is 3.77. The van der Waals surface area contributed by atoms with E-state index in [4.69, 9.17) is 11.6 Å². The Kier molecular flexibility index (Phi) is 3.32. The van der Waals surface area contributed by atoms with E-state index in [0.29, 0.717) is 25.9 Å². The van der Waals surface area contributed by atoms with Crippen molar-refractivity contribution in [2.75, 3.05) is 13.1 Å². The first-order chi connectivity index (χ1) is 5.61. The third kappa shape index (κ3) is 2.34. The van der Waals surface area contributed by atoms with Crippen molar-refractivity contribution < 1.29 is 9.18 Å². The molecule has 1 heterocycles. The molecule has 0 aliphatic carbocycles. The van der Waals surface area contributed by atoms with Crippen LogP contribution in [0.2, 0.25) is 0 Å². The Labute approximate surface area is 76.7 Å². The molecule has 0 unspecified atom stereocenters. The van der Waals surface area contributed by atoms with Crippen LogP contribution in [-0.2, 0) is 4.79 Å². The fourth-order valence-electron chi connectivity index (χ4n) is 1.32. The second-order valence-electron chi connectivity index (χ2n) is 3.12. The average molecular weight is 194 g/mol. The Morgan fingerprint density at radius 1 is 1.58 bits per heavy atom. The molecule has 1 atom stereocenters. The van der Waals surface area contributed by atoms with Gasteiger partial charge in [-0.15, -0.1) is 11.6 Å². The number of nitrogens with zero attached hydrogens (tertiary/aromatic N) is 1. The van der Waals surface area contributed by atoms with Crippen molar-refractivity contribution in [1.82, 2.24) is 4.90 Å². The standard InChI is InChI=1S/C8H13ClFNO/c1-6(9)8(12)11-4-2-7(10)3-5-11/h6-7H,2-5H2,1H3/t6-/m1/s1. The largest absolute Gasteiger partial charge is 0.341 e. The number of halogens is 2. The number of amides is 1. The molecule has 0 N–H and O–H groups in total. The summed E-state index contributed by atoms with van der Waals surface area (Å²) in [4.78, 5) is 12.9. The van der Waals surface area contributed by atoms with Crippen LogP contribution in [0, 0.1) is 0 Å². The van der Waals surface area contributed by atoms with E-state index in [1.807, 2.05) is 0 Å². The molecule has 0 bridgehead atoms. The fraction of sp³-hybridized carbons (Fsp3) is 0.875. The zero-order valence-electron chi connectivity index (χ0n) is 7.09. The van der Waals surface area contributed by atoms with Gasteiger partial charge >= 0.3 is 0 Å². The monoisotopic (exact) mass is 193 g/mol. The molecular formula is C8H13ClFNO. The smallest absolute Gasteiger partial charge is 0.240 e. The Morgan fingerprint density at radius 2 is 2.08 bits per heavy atom. The van der Waals surface area contributed by atoms with E-state index in [1.165, 1.54) is 0 Å². The molecule has 70 valence electrons. The molecule has 1 rings (SSSR count). The van der Waals surface area contributed by atoms with Gasteiger partial charge in [0, 0.05) is 13.1 Å². The summed E-state index contributed by atoms with van der Waals surface area (Å²) in [5.74, 6) is -0.0800. The van der Waals surface area contributed by atoms with E-state index >= 15 is 0 Å². The van der Waals surface area contributed by atoms with Crippen molar-refractivity contribution in [2.45, 2.75) is 31.3 Å². The topological polar surface area (TPSA) is 20.3 Å². The number of carbonyl (C=O) groups excluding carboxylic acids is 1. The van der Waals surface area contributed by atoms with Crippen LogP contribution in [0.3, 0.4) is 0 Å². The van der Waals surface area contributed by atoms with E-state index in [-0.39, 0.29) is 5.91 Å². The van der Waals surface area contributed by atoms with Gasteiger partial charge < -0.3 is 4.90 Å². The highest BCUT2D eigenvalue weighted by molar-refractivity contribution is 6.30. The lowest BCUT2D eigenvalue weighted by Crippen LogP contribution is -2.42. The molecular weight excluding hydrogens is 181 g/mol. The predicted octanol–water partition coefficient (Wildman–Crippen LogP) is 1.57. The summed E-state index contributed by atoms with van der Waals surface area (Å²) in [5.41, 5.74) is 0. The maximum Gasteiger partial charge on any atom is 0.240 e. The zero-order valence-corrected chi connectivity index (χ0v) is 7.85. The van der Waals surface area contributed by atoms with Crippen molar-refractivity contribution in [3.63, 3.8) is 0 Å². The Morgan fingerprint density at radius 3 is 2.50 bits per heavy atom. The van der Waals surface area contributed by atoms with Crippen molar-refractivity contribution in [3.8, 4) is 0 Å². The lowest BCUT2D eigenvalue weighted by molar-refractivity contribution is -0.131. The van der Waals surface area contributed by atoms with E-state index in [2.05, 4.69) is 0 Å². The lowest BCUT2D eigenvalue weighted by Gasteiger charge is -2.29. The van der Waals surface area contributed by atoms with E-state index in [0.717, 1.165) is 0 Å². The number of likely N-dealkylation sites (tertiary alicyclic amines) is 1. The molecule has 12 heavy (non-hydrogen) atoms. The molecule has 0 radical (unpaired) electrons. The predicted molar refractivity (Wildman–Crippen MR) is 46.0 cm³/mol. The van der Waals surface area contributed by atoms with Crippen molar-refractivity contribution in [3.05, 3.63) is 0 Å². The van der Waals surface area contributed by atoms with Crippen molar-refractivity contribution in [2.24, 2.45) is 0 Å². The van der Waals surface area contributed by atoms with Crippen LogP contribution in [0.25, 0.3) is 0 Å². The average Bonchev–Trinajstić information content (AvgIpc) is 2.04. The highest BCUT2D eigenvalue weighted by atomic mass is 35.5. The maximum atomic E-state index is 12.7. The molecule has 1 amide bonds. The maximum absolute atomic E-state index is 12.7. The minimum absolute atomic E-state index is 0.0800. The van der Waals surface area contributed by atoms with Gasteiger partial charge in [-0.25, -0.2) is 4.39 Å². The van der Waals surface area contributed by atoms with Gasteiger partial charge in [0.25, 0.3) is 0 Å². The van der Waals surface area contributed by atoms with Crippen LogP contribution in [0.5, 0.6) is 0 Å². The van der Waals surface area contributed by atoms with Crippen LogP contribution in [0.1, 0.15) is 19.8 Å². The summed E-state index contributed by atoms with van der Waals surface area (Å²) >= 11 is 5.61. The normalized spacial score (nSPS) is 22.4. The molecule has 1 aliphatic heterocycles. The lowest BCUT2D eigenvalue weighted by atomic mass is 10.1. The molecule has 1 saturated heterocycles. The highest BCUT2D eigenvalue weighted by Crippen LogP contribution is 2.14. The van der Waals surface area contributed by atoms with Gasteiger partial charge in [-0.2, -0.15) is 0 Å². The first-order valence-corrected chi connectivity index (χ1v) is 4.62. The SMILES string of the molecule is C[C@@H](Cl)C(=O)N1CCC(F)CC1. The number of piperidine rings is 1. The zero-order chi connectivity index (χ0) is 9.14. The molecule has 4 heteroatoms. The summed E-state index contributed by atoms with van der Waals surface area (Å²) in [6, 6.07) is 0. The minimum Gasteiger partial charge on any atom is -0.341 e. The molecule has 0 aromatic rings. The Balaban J connectivity index is 2.39. The number of hydrogen-bond donors (Lipinski definition) is 0. The molecule has 2 nitrogen and oxygen atoms in total. The number of hydrogen-bond acceptors (Lipinski definition) is 1. The minimum atomic E-state index is -0.736. The third-order valence-corrected chi connectivity index (χ3v) is 2.26. The Bertz CT molecular complexity index is 166. The van der Waals surface area contributed by atoms with Crippen LogP contribution in [0.15, 0.2) is 0 Å². The number of alkyl halides is 2. The fourth-order valence-corrected chi connectivity index (χ4v) is 1.46. The Hall–Kier alpha value is -0.310. The number of carbonyl (C=O) groups is 1. The highest BCUT2D eigenvalue weighted by Gasteiger charge is 2.24. The van der Waals surface area contributed by atoms with Crippen LogP contribution in [-0.4, -0.2) is 35.4 Å². The van der Waals surface area contributed by atoms with Crippen molar-refractivity contribution >= 4 is 17.5 Å². The first kappa shape index (κ1) is 9.78. The molecule has 0 aromatic heterocycles. The van der Waals surface area contributed by atoms with Gasteiger partial charge in [-0.3, -0.25) is 4.79 Å². The van der Waals surface area contributed by atoms with Gasteiger partial charge in [0.2, 0.25) is 5.91 Å². The molecule has 1 aliphatic rings. The van der Waals surface area contributed by atoms with Gasteiger partial charge in [0.1, 0.15) is 11.5 Å². The molecule has 0 aromatic carbocycles.